The normalized spacial score (nSPS) is 18.8. The zero-order valence-corrected chi connectivity index (χ0v) is 13.7. The van der Waals surface area contributed by atoms with Gasteiger partial charge in [0.1, 0.15) is 11.4 Å². The maximum absolute atomic E-state index is 12.6. The minimum Gasteiger partial charge on any atom is -0.479 e. The summed E-state index contributed by atoms with van der Waals surface area (Å²) in [5, 5.41) is 9.00. The van der Waals surface area contributed by atoms with Gasteiger partial charge in [-0.25, -0.2) is 9.78 Å². The van der Waals surface area contributed by atoms with Gasteiger partial charge in [0.05, 0.1) is 18.8 Å². The number of nitrogens with one attached hydrogen (secondary N) is 1. The van der Waals surface area contributed by atoms with Gasteiger partial charge in [-0.2, -0.15) is 0 Å². The van der Waals surface area contributed by atoms with E-state index < -0.39 is 23.5 Å². The molecule has 0 saturated carbocycles. The van der Waals surface area contributed by atoms with Crippen molar-refractivity contribution in [3.8, 4) is 0 Å². The number of hydrogen-bond acceptors (Lipinski definition) is 5. The molecule has 0 aromatic carbocycles. The number of aromatic amines is 1. The van der Waals surface area contributed by atoms with E-state index in [1.807, 2.05) is 20.8 Å². The molecule has 1 aliphatic rings. The molecular weight excluding hydrogens is 302 g/mol. The summed E-state index contributed by atoms with van der Waals surface area (Å²) in [5.41, 5.74) is -0.573. The lowest BCUT2D eigenvalue weighted by atomic mass is 9.95. The first kappa shape index (κ1) is 17.1. The lowest BCUT2D eigenvalue weighted by Crippen LogP contribution is -2.49. The first-order valence-corrected chi connectivity index (χ1v) is 7.36. The van der Waals surface area contributed by atoms with Gasteiger partial charge in [0.15, 0.2) is 6.10 Å². The van der Waals surface area contributed by atoms with Crippen LogP contribution in [0.1, 0.15) is 42.6 Å². The van der Waals surface area contributed by atoms with Crippen LogP contribution in [0.25, 0.3) is 0 Å². The average molecular weight is 323 g/mol. The van der Waals surface area contributed by atoms with E-state index in [0.717, 1.165) is 0 Å². The molecule has 2 rings (SSSR count). The highest BCUT2D eigenvalue weighted by atomic mass is 16.5. The monoisotopic (exact) mass is 323 g/mol. The SMILES string of the molecule is Cc1nc(C(C)(C)C)[nH]c(=O)c1C(=O)N1CCOC(C(=O)O)C1. The number of H-pyrrole nitrogens is 1. The molecule has 1 aromatic rings. The number of carbonyl (C=O) groups is 2. The van der Waals surface area contributed by atoms with Gasteiger partial charge < -0.3 is 19.7 Å². The molecular formula is C15H21N3O5. The fourth-order valence-corrected chi connectivity index (χ4v) is 2.33. The van der Waals surface area contributed by atoms with Crippen LogP contribution in [0.15, 0.2) is 4.79 Å². The maximum atomic E-state index is 12.6. The number of aryl methyl sites for hydroxylation is 1. The van der Waals surface area contributed by atoms with Gasteiger partial charge in [0.2, 0.25) is 0 Å². The standard InChI is InChI=1S/C15H21N3O5/c1-8-10(11(19)17-14(16-8)15(2,3)4)12(20)18-5-6-23-9(7-18)13(21)22/h9H,5-7H2,1-4H3,(H,21,22)(H,16,17,19). The highest BCUT2D eigenvalue weighted by Crippen LogP contribution is 2.18. The van der Waals surface area contributed by atoms with Crippen molar-refractivity contribution in [3.63, 3.8) is 0 Å². The first-order valence-electron chi connectivity index (χ1n) is 7.36. The number of aliphatic carboxylic acids is 1. The van der Waals surface area contributed by atoms with Crippen LogP contribution < -0.4 is 5.56 Å². The van der Waals surface area contributed by atoms with E-state index in [-0.39, 0.29) is 30.7 Å². The van der Waals surface area contributed by atoms with Crippen LogP contribution >= 0.6 is 0 Å². The maximum Gasteiger partial charge on any atom is 0.334 e. The van der Waals surface area contributed by atoms with Crippen molar-refractivity contribution in [2.24, 2.45) is 0 Å². The highest BCUT2D eigenvalue weighted by Gasteiger charge is 2.32. The Morgan fingerprint density at radius 2 is 2.04 bits per heavy atom. The molecule has 126 valence electrons. The third-order valence-corrected chi connectivity index (χ3v) is 3.65. The largest absolute Gasteiger partial charge is 0.479 e. The summed E-state index contributed by atoms with van der Waals surface area (Å²) in [4.78, 5) is 44.2. The molecule has 2 N–H and O–H groups in total. The molecule has 1 aromatic heterocycles. The fraction of sp³-hybridized carbons (Fsp3) is 0.600. The number of amides is 1. The number of ether oxygens (including phenoxy) is 1. The van der Waals surface area contributed by atoms with Crippen LogP contribution in [0.4, 0.5) is 0 Å². The van der Waals surface area contributed by atoms with E-state index in [2.05, 4.69) is 9.97 Å². The summed E-state index contributed by atoms with van der Waals surface area (Å²) in [6.45, 7) is 7.60. The summed E-state index contributed by atoms with van der Waals surface area (Å²) >= 11 is 0. The van der Waals surface area contributed by atoms with E-state index in [4.69, 9.17) is 9.84 Å². The number of carbonyl (C=O) groups excluding carboxylic acids is 1. The lowest BCUT2D eigenvalue weighted by Gasteiger charge is -2.31. The Morgan fingerprint density at radius 3 is 2.57 bits per heavy atom. The van der Waals surface area contributed by atoms with Crippen molar-refractivity contribution in [2.45, 2.75) is 39.2 Å². The van der Waals surface area contributed by atoms with Crippen molar-refractivity contribution < 1.29 is 19.4 Å². The second kappa shape index (κ2) is 6.11. The summed E-state index contributed by atoms with van der Waals surface area (Å²) in [7, 11) is 0. The van der Waals surface area contributed by atoms with Crippen LogP contribution in [0.5, 0.6) is 0 Å². The Hall–Kier alpha value is -2.22. The van der Waals surface area contributed by atoms with Crippen LogP contribution in [0, 0.1) is 6.92 Å². The molecule has 8 nitrogen and oxygen atoms in total. The Balaban J connectivity index is 2.33. The van der Waals surface area contributed by atoms with E-state index in [1.165, 1.54) is 4.90 Å². The molecule has 1 aliphatic heterocycles. The molecule has 2 heterocycles. The number of hydrogen-bond donors (Lipinski definition) is 2. The smallest absolute Gasteiger partial charge is 0.334 e. The number of nitrogens with zero attached hydrogens (tertiary/aromatic N) is 2. The summed E-state index contributed by atoms with van der Waals surface area (Å²) in [6.07, 6.45) is -1.08. The average Bonchev–Trinajstić information content (AvgIpc) is 2.45. The Labute approximate surface area is 133 Å². The molecule has 23 heavy (non-hydrogen) atoms. The number of rotatable bonds is 2. The minimum atomic E-state index is -1.13. The predicted molar refractivity (Wildman–Crippen MR) is 81.6 cm³/mol. The first-order chi connectivity index (χ1) is 10.6. The van der Waals surface area contributed by atoms with Gasteiger partial charge in [-0.05, 0) is 6.92 Å². The zero-order valence-electron chi connectivity index (χ0n) is 13.7. The van der Waals surface area contributed by atoms with Crippen molar-refractivity contribution in [3.05, 3.63) is 27.4 Å². The van der Waals surface area contributed by atoms with E-state index in [0.29, 0.717) is 11.5 Å². The predicted octanol–water partition coefficient (Wildman–Crippen LogP) is 0.301. The molecule has 1 atom stereocenters. The number of carboxylic acid groups (broad SMARTS) is 1. The number of aromatic nitrogens is 2. The molecule has 1 fully saturated rings. The van der Waals surface area contributed by atoms with Gasteiger partial charge >= 0.3 is 5.97 Å². The molecule has 1 saturated heterocycles. The van der Waals surface area contributed by atoms with Crippen LogP contribution in [0.2, 0.25) is 0 Å². The van der Waals surface area contributed by atoms with E-state index in [1.54, 1.807) is 6.92 Å². The molecule has 1 amide bonds. The molecule has 8 heteroatoms. The zero-order chi connectivity index (χ0) is 17.4. The highest BCUT2D eigenvalue weighted by molar-refractivity contribution is 5.95. The third-order valence-electron chi connectivity index (χ3n) is 3.65. The van der Waals surface area contributed by atoms with Crippen LogP contribution in [0.3, 0.4) is 0 Å². The summed E-state index contributed by atoms with van der Waals surface area (Å²) < 4.78 is 5.08. The van der Waals surface area contributed by atoms with E-state index >= 15 is 0 Å². The lowest BCUT2D eigenvalue weighted by molar-refractivity contribution is -0.154. The number of carboxylic acids is 1. The Bertz CT molecular complexity index is 689. The second-order valence-corrected chi connectivity index (χ2v) is 6.57. The number of morpholine rings is 1. The fourth-order valence-electron chi connectivity index (χ4n) is 2.33. The van der Waals surface area contributed by atoms with Crippen molar-refractivity contribution >= 4 is 11.9 Å². The van der Waals surface area contributed by atoms with Gasteiger partial charge in [-0.3, -0.25) is 9.59 Å². The molecule has 0 spiro atoms. The van der Waals surface area contributed by atoms with Gasteiger partial charge in [-0.15, -0.1) is 0 Å². The Morgan fingerprint density at radius 1 is 1.39 bits per heavy atom. The molecule has 0 radical (unpaired) electrons. The summed E-state index contributed by atoms with van der Waals surface area (Å²) in [5.74, 6) is -1.15. The topological polar surface area (TPSA) is 113 Å². The van der Waals surface area contributed by atoms with Crippen LogP contribution in [-0.2, 0) is 14.9 Å². The second-order valence-electron chi connectivity index (χ2n) is 6.57. The van der Waals surface area contributed by atoms with Crippen LogP contribution in [-0.4, -0.2) is 57.7 Å². The van der Waals surface area contributed by atoms with E-state index in [9.17, 15) is 14.4 Å². The molecule has 0 bridgehead atoms. The third kappa shape index (κ3) is 3.58. The quantitative estimate of drug-likeness (QED) is 0.809. The molecule has 0 aliphatic carbocycles. The molecule has 1 unspecified atom stereocenters. The van der Waals surface area contributed by atoms with Crippen molar-refractivity contribution in [1.82, 2.24) is 14.9 Å². The summed E-state index contributed by atoms with van der Waals surface area (Å²) in [6, 6.07) is 0. The van der Waals surface area contributed by atoms with Crippen molar-refractivity contribution in [2.75, 3.05) is 19.7 Å². The Kier molecular flexibility index (Phi) is 4.56. The van der Waals surface area contributed by atoms with Crippen molar-refractivity contribution in [1.29, 1.82) is 0 Å². The van der Waals surface area contributed by atoms with Gasteiger partial charge in [-0.1, -0.05) is 20.8 Å². The minimum absolute atomic E-state index is 0.0518. The van der Waals surface area contributed by atoms with Gasteiger partial charge in [0.25, 0.3) is 11.5 Å². The van der Waals surface area contributed by atoms with Gasteiger partial charge in [0, 0.05) is 12.0 Å².